The maximum Gasteiger partial charge on any atom is 0.316 e. The molecule has 1 amide bonds. The molecule has 0 saturated carbocycles. The quantitative estimate of drug-likeness (QED) is 0.677. The first-order valence-corrected chi connectivity index (χ1v) is 9.46. The fourth-order valence-corrected chi connectivity index (χ4v) is 3.75. The number of nitrogens with zero attached hydrogens (tertiary/aromatic N) is 6. The number of aromatic nitrogens is 5. The molecule has 2 aromatic heterocycles. The summed E-state index contributed by atoms with van der Waals surface area (Å²) in [6.07, 6.45) is 3.10. The van der Waals surface area contributed by atoms with Gasteiger partial charge in [-0.2, -0.15) is 15.1 Å². The Balaban J connectivity index is 1.78. The van der Waals surface area contributed by atoms with Gasteiger partial charge in [0.2, 0.25) is 5.95 Å². The molecule has 4 rings (SSSR count). The smallest absolute Gasteiger partial charge is 0.316 e. The predicted molar refractivity (Wildman–Crippen MR) is 109 cm³/mol. The number of fused-ring (bicyclic) bond motifs is 1. The molecule has 2 atom stereocenters. The molecule has 152 valence electrons. The molecule has 1 aromatic carbocycles. The first-order valence-electron chi connectivity index (χ1n) is 9.46. The molecule has 10 nitrogen and oxygen atoms in total. The number of methoxy groups -OCH3 is 1. The molecular formula is C19H24N8O2. The Bertz CT molecular complexity index is 1040. The fourth-order valence-electron chi connectivity index (χ4n) is 3.75. The number of carbonyl (C=O) groups is 1. The van der Waals surface area contributed by atoms with E-state index in [1.54, 1.807) is 19.3 Å². The minimum absolute atomic E-state index is 0.212. The van der Waals surface area contributed by atoms with Crippen molar-refractivity contribution in [1.29, 1.82) is 0 Å². The molecule has 10 heteroatoms. The van der Waals surface area contributed by atoms with E-state index in [0.29, 0.717) is 29.1 Å². The summed E-state index contributed by atoms with van der Waals surface area (Å²) in [5.74, 6) is 0.0402. The van der Waals surface area contributed by atoms with Crippen molar-refractivity contribution in [2.24, 2.45) is 7.05 Å². The second kappa shape index (κ2) is 7.63. The van der Waals surface area contributed by atoms with Crippen molar-refractivity contribution in [2.45, 2.75) is 25.9 Å². The minimum Gasteiger partial charge on any atom is -0.467 e. The minimum atomic E-state index is -0.319. The van der Waals surface area contributed by atoms with Crippen molar-refractivity contribution in [3.8, 4) is 6.01 Å². The second-order valence-corrected chi connectivity index (χ2v) is 7.29. The van der Waals surface area contributed by atoms with Gasteiger partial charge in [-0.05, 0) is 26.0 Å². The van der Waals surface area contributed by atoms with Crippen LogP contribution in [0.2, 0.25) is 0 Å². The van der Waals surface area contributed by atoms with Gasteiger partial charge in [0.1, 0.15) is 6.33 Å². The van der Waals surface area contributed by atoms with E-state index in [2.05, 4.69) is 49.4 Å². The molecule has 0 aliphatic carbocycles. The highest BCUT2D eigenvalue weighted by Gasteiger charge is 2.25. The van der Waals surface area contributed by atoms with Gasteiger partial charge in [0.15, 0.2) is 0 Å². The lowest BCUT2D eigenvalue weighted by atomic mass is 10.0. The lowest BCUT2D eigenvalue weighted by Gasteiger charge is -2.38. The zero-order valence-corrected chi connectivity index (χ0v) is 16.9. The highest BCUT2D eigenvalue weighted by molar-refractivity contribution is 6.13. The Kier molecular flexibility index (Phi) is 5.01. The number of rotatable bonds is 4. The van der Waals surface area contributed by atoms with Crippen LogP contribution < -0.4 is 20.3 Å². The topological polar surface area (TPSA) is 110 Å². The van der Waals surface area contributed by atoms with E-state index >= 15 is 0 Å². The van der Waals surface area contributed by atoms with Gasteiger partial charge in [0.25, 0.3) is 5.91 Å². The summed E-state index contributed by atoms with van der Waals surface area (Å²) < 4.78 is 6.69. The lowest BCUT2D eigenvalue weighted by Crippen LogP contribution is -2.54. The summed E-state index contributed by atoms with van der Waals surface area (Å²) in [6.45, 7) is 6.03. The average molecular weight is 396 g/mol. The van der Waals surface area contributed by atoms with Crippen LogP contribution in [0.1, 0.15) is 24.2 Å². The van der Waals surface area contributed by atoms with Crippen LogP contribution in [0.5, 0.6) is 6.01 Å². The first kappa shape index (κ1) is 19.1. The summed E-state index contributed by atoms with van der Waals surface area (Å²) in [5.41, 5.74) is 1.95. The summed E-state index contributed by atoms with van der Waals surface area (Å²) >= 11 is 0. The molecule has 29 heavy (non-hydrogen) atoms. The van der Waals surface area contributed by atoms with Crippen LogP contribution in [0.15, 0.2) is 24.7 Å². The Morgan fingerprint density at radius 1 is 1.24 bits per heavy atom. The third-order valence-electron chi connectivity index (χ3n) is 4.97. The molecule has 1 saturated heterocycles. The van der Waals surface area contributed by atoms with Crippen LogP contribution in [-0.2, 0) is 7.05 Å². The fraction of sp³-hybridized carbons (Fsp3) is 0.421. The molecule has 0 spiro atoms. The molecule has 1 fully saturated rings. The molecule has 0 unspecified atom stereocenters. The zero-order chi connectivity index (χ0) is 20.5. The number of nitrogens with one attached hydrogen (secondary N) is 2. The van der Waals surface area contributed by atoms with Gasteiger partial charge in [0.05, 0.1) is 18.2 Å². The van der Waals surface area contributed by atoms with Crippen LogP contribution in [0.25, 0.3) is 10.9 Å². The average Bonchev–Trinajstić information content (AvgIpc) is 3.10. The van der Waals surface area contributed by atoms with Crippen LogP contribution in [0.4, 0.5) is 11.6 Å². The number of carbonyl (C=O) groups excluding carboxylic acids is 1. The largest absolute Gasteiger partial charge is 0.467 e. The second-order valence-electron chi connectivity index (χ2n) is 7.29. The first-order chi connectivity index (χ1) is 14.0. The maximum absolute atomic E-state index is 13.0. The number of ether oxygens (including phenoxy) is 1. The normalized spacial score (nSPS) is 19.4. The van der Waals surface area contributed by atoms with Crippen molar-refractivity contribution < 1.29 is 9.53 Å². The molecule has 3 aromatic rings. The number of aryl methyl sites for hydroxylation is 1. The highest BCUT2D eigenvalue weighted by atomic mass is 16.5. The maximum atomic E-state index is 13.0. The Labute approximate surface area is 168 Å². The number of hydrogen-bond acceptors (Lipinski definition) is 8. The lowest BCUT2D eigenvalue weighted by molar-refractivity contribution is 0.102. The summed E-state index contributed by atoms with van der Waals surface area (Å²) in [7, 11) is 3.21. The van der Waals surface area contributed by atoms with E-state index in [1.165, 1.54) is 18.1 Å². The van der Waals surface area contributed by atoms with E-state index in [-0.39, 0.29) is 11.9 Å². The molecular weight excluding hydrogens is 372 g/mol. The van der Waals surface area contributed by atoms with Crippen LogP contribution in [0.3, 0.4) is 0 Å². The van der Waals surface area contributed by atoms with Crippen LogP contribution in [-0.4, -0.2) is 62.9 Å². The van der Waals surface area contributed by atoms with Gasteiger partial charge in [-0.1, -0.05) is 0 Å². The summed E-state index contributed by atoms with van der Waals surface area (Å²) in [6, 6.07) is 4.66. The molecule has 2 N–H and O–H groups in total. The van der Waals surface area contributed by atoms with E-state index in [4.69, 9.17) is 4.74 Å². The monoisotopic (exact) mass is 396 g/mol. The molecule has 0 radical (unpaired) electrons. The number of benzene rings is 1. The third-order valence-corrected chi connectivity index (χ3v) is 4.97. The highest BCUT2D eigenvalue weighted by Crippen LogP contribution is 2.30. The van der Waals surface area contributed by atoms with Crippen molar-refractivity contribution >= 4 is 28.4 Å². The van der Waals surface area contributed by atoms with Gasteiger partial charge in [-0.3, -0.25) is 10.1 Å². The molecule has 1 aliphatic heterocycles. The van der Waals surface area contributed by atoms with E-state index < -0.39 is 0 Å². The van der Waals surface area contributed by atoms with Gasteiger partial charge in [-0.25, -0.2) is 9.67 Å². The number of hydrogen-bond donors (Lipinski definition) is 2. The van der Waals surface area contributed by atoms with Gasteiger partial charge in [0, 0.05) is 49.5 Å². The predicted octanol–water partition coefficient (Wildman–Crippen LogP) is 1.21. The van der Waals surface area contributed by atoms with Crippen molar-refractivity contribution in [1.82, 2.24) is 30.0 Å². The van der Waals surface area contributed by atoms with E-state index in [0.717, 1.165) is 24.2 Å². The Morgan fingerprint density at radius 2 is 2.00 bits per heavy atom. The molecule has 1 aliphatic rings. The number of piperazine rings is 1. The van der Waals surface area contributed by atoms with Crippen molar-refractivity contribution in [3.63, 3.8) is 0 Å². The zero-order valence-electron chi connectivity index (χ0n) is 16.9. The summed E-state index contributed by atoms with van der Waals surface area (Å²) in [4.78, 5) is 28.1. The van der Waals surface area contributed by atoms with Gasteiger partial charge in [-0.15, -0.1) is 0 Å². The van der Waals surface area contributed by atoms with E-state index in [1.807, 2.05) is 6.07 Å². The standard InChI is InChI=1S/C19H24N8O2/c1-11-8-27(9-12(2)23-11)15-6-5-13(16-14(15)7-20-19(24-16)29-4)17(28)25-18-21-10-22-26(18)3/h5-7,10-12,23H,8-9H2,1-4H3,(H,21,22,25,28)/t11-,12-/m0/s1. The van der Waals surface area contributed by atoms with E-state index in [9.17, 15) is 4.79 Å². The number of anilines is 2. The van der Waals surface area contributed by atoms with Crippen LogP contribution >= 0.6 is 0 Å². The van der Waals surface area contributed by atoms with Crippen LogP contribution in [0, 0.1) is 0 Å². The third kappa shape index (κ3) is 3.70. The Morgan fingerprint density at radius 3 is 2.66 bits per heavy atom. The molecule has 3 heterocycles. The Hall–Kier alpha value is -3.27. The SMILES string of the molecule is COc1ncc2c(N3C[C@H](C)N[C@@H](C)C3)ccc(C(=O)Nc3ncnn3C)c2n1. The number of amides is 1. The summed E-state index contributed by atoms with van der Waals surface area (Å²) in [5, 5.41) is 11.1. The van der Waals surface area contributed by atoms with Crippen molar-refractivity contribution in [3.05, 3.63) is 30.2 Å². The van der Waals surface area contributed by atoms with Gasteiger partial charge < -0.3 is 15.0 Å². The van der Waals surface area contributed by atoms with Gasteiger partial charge >= 0.3 is 6.01 Å². The van der Waals surface area contributed by atoms with Crippen molar-refractivity contribution in [2.75, 3.05) is 30.4 Å². The molecule has 0 bridgehead atoms.